The van der Waals surface area contributed by atoms with Crippen LogP contribution in [0.2, 0.25) is 0 Å². The van der Waals surface area contributed by atoms with E-state index >= 15 is 0 Å². The Morgan fingerprint density at radius 3 is 2.13 bits per heavy atom. The van der Waals surface area contributed by atoms with Gasteiger partial charge < -0.3 is 25.6 Å². The van der Waals surface area contributed by atoms with Crippen LogP contribution < -0.4 is 16.0 Å². The van der Waals surface area contributed by atoms with Crippen LogP contribution in [0.15, 0.2) is 59.8 Å². The summed E-state index contributed by atoms with van der Waals surface area (Å²) in [4.78, 5) is 26.4. The normalized spacial score (nSPS) is 15.9. The SMILES string of the molecule is CCc1ccc(NC(=O)Nc2ccc([C@H]3NC(=S)N(C)C(C)=C3C(=O)OC)cc2)cc1. The predicted molar refractivity (Wildman–Crippen MR) is 126 cm³/mol. The number of ether oxygens (including phenoxy) is 1. The van der Waals surface area contributed by atoms with Crippen molar-refractivity contribution in [3.8, 4) is 0 Å². The van der Waals surface area contributed by atoms with Crippen LogP contribution in [0.25, 0.3) is 0 Å². The molecule has 31 heavy (non-hydrogen) atoms. The van der Waals surface area contributed by atoms with E-state index in [1.807, 2.05) is 43.3 Å². The van der Waals surface area contributed by atoms with Crippen molar-refractivity contribution in [1.29, 1.82) is 0 Å². The third-order valence-electron chi connectivity index (χ3n) is 5.28. The van der Waals surface area contributed by atoms with Crippen LogP contribution in [0, 0.1) is 0 Å². The fourth-order valence-electron chi connectivity index (χ4n) is 3.34. The number of carbonyl (C=O) groups excluding carboxylic acids is 2. The summed E-state index contributed by atoms with van der Waals surface area (Å²) >= 11 is 5.38. The van der Waals surface area contributed by atoms with E-state index in [0.717, 1.165) is 23.4 Å². The summed E-state index contributed by atoms with van der Waals surface area (Å²) in [5, 5.41) is 9.32. The molecule has 0 saturated heterocycles. The highest BCUT2D eigenvalue weighted by molar-refractivity contribution is 7.80. The van der Waals surface area contributed by atoms with Crippen LogP contribution in [0.4, 0.5) is 16.2 Å². The van der Waals surface area contributed by atoms with Crippen molar-refractivity contribution < 1.29 is 14.3 Å². The number of nitrogens with zero attached hydrogens (tertiary/aromatic N) is 1. The van der Waals surface area contributed by atoms with Gasteiger partial charge in [-0.25, -0.2) is 9.59 Å². The van der Waals surface area contributed by atoms with Gasteiger partial charge in [0.2, 0.25) is 0 Å². The van der Waals surface area contributed by atoms with Gasteiger partial charge in [-0.2, -0.15) is 0 Å². The van der Waals surface area contributed by atoms with Crippen LogP contribution in [0.3, 0.4) is 0 Å². The lowest BCUT2D eigenvalue weighted by Crippen LogP contribution is -2.46. The molecule has 2 aromatic carbocycles. The number of rotatable bonds is 5. The summed E-state index contributed by atoms with van der Waals surface area (Å²) in [6.45, 7) is 3.92. The number of carbonyl (C=O) groups is 2. The molecule has 1 heterocycles. The van der Waals surface area contributed by atoms with E-state index in [1.165, 1.54) is 12.7 Å². The molecule has 0 radical (unpaired) electrons. The zero-order chi connectivity index (χ0) is 22.5. The second kappa shape index (κ2) is 9.61. The van der Waals surface area contributed by atoms with Crippen molar-refractivity contribution in [3.05, 3.63) is 70.9 Å². The van der Waals surface area contributed by atoms with Crippen molar-refractivity contribution in [2.75, 3.05) is 24.8 Å². The fourth-order valence-corrected chi connectivity index (χ4v) is 3.59. The minimum atomic E-state index is -0.434. The molecule has 0 aliphatic carbocycles. The van der Waals surface area contributed by atoms with Gasteiger partial charge in [-0.15, -0.1) is 0 Å². The number of nitrogens with one attached hydrogen (secondary N) is 3. The summed E-state index contributed by atoms with van der Waals surface area (Å²) in [7, 11) is 3.15. The molecule has 0 saturated carbocycles. The number of urea groups is 1. The van der Waals surface area contributed by atoms with Crippen LogP contribution in [-0.4, -0.2) is 36.2 Å². The maximum Gasteiger partial charge on any atom is 0.337 e. The molecular formula is C23H26N4O3S. The van der Waals surface area contributed by atoms with E-state index in [0.29, 0.717) is 16.4 Å². The third kappa shape index (κ3) is 5.03. The van der Waals surface area contributed by atoms with E-state index < -0.39 is 12.0 Å². The van der Waals surface area contributed by atoms with Gasteiger partial charge in [0.1, 0.15) is 0 Å². The van der Waals surface area contributed by atoms with Crippen LogP contribution in [-0.2, 0) is 16.0 Å². The van der Waals surface area contributed by atoms with Crippen molar-refractivity contribution in [1.82, 2.24) is 10.2 Å². The van der Waals surface area contributed by atoms with Gasteiger partial charge in [-0.3, -0.25) is 0 Å². The fraction of sp³-hybridized carbons (Fsp3) is 0.261. The van der Waals surface area contributed by atoms with E-state index in [-0.39, 0.29) is 6.03 Å². The molecule has 0 fully saturated rings. The minimum absolute atomic E-state index is 0.332. The van der Waals surface area contributed by atoms with Crippen LogP contribution in [0.5, 0.6) is 0 Å². The maximum atomic E-state index is 12.4. The third-order valence-corrected chi connectivity index (χ3v) is 5.67. The first kappa shape index (κ1) is 22.3. The number of amides is 2. The van der Waals surface area contributed by atoms with Gasteiger partial charge in [0.15, 0.2) is 5.11 Å². The first-order valence-corrected chi connectivity index (χ1v) is 10.3. The maximum absolute atomic E-state index is 12.4. The number of allylic oxidation sites excluding steroid dienone is 1. The lowest BCUT2D eigenvalue weighted by atomic mass is 9.95. The van der Waals surface area contributed by atoms with E-state index in [2.05, 4.69) is 22.9 Å². The van der Waals surface area contributed by atoms with Crippen LogP contribution >= 0.6 is 12.2 Å². The molecule has 8 heteroatoms. The highest BCUT2D eigenvalue weighted by Crippen LogP contribution is 2.31. The Bertz CT molecular complexity index is 1020. The molecule has 7 nitrogen and oxygen atoms in total. The van der Waals surface area contributed by atoms with Crippen molar-refractivity contribution in [2.45, 2.75) is 26.3 Å². The summed E-state index contributed by atoms with van der Waals surface area (Å²) in [5.41, 5.74) is 4.61. The molecule has 0 aromatic heterocycles. The standard InChI is InChI=1S/C23H26N4O3S/c1-5-15-6-10-17(11-7-15)24-22(29)25-18-12-8-16(9-13-18)20-19(21(28)30-4)14(2)27(3)23(31)26-20/h6-13,20H,5H2,1-4H3,(H,26,31)(H2,24,25,29)/t20-/m1/s1. The molecule has 0 spiro atoms. The van der Waals surface area contributed by atoms with Crippen LogP contribution in [0.1, 0.15) is 31.0 Å². The summed E-state index contributed by atoms with van der Waals surface area (Å²) in [6, 6.07) is 14.2. The molecule has 2 aromatic rings. The number of hydrogen-bond donors (Lipinski definition) is 3. The predicted octanol–water partition coefficient (Wildman–Crippen LogP) is 4.20. The molecule has 0 bridgehead atoms. The van der Waals surface area contributed by atoms with E-state index in [9.17, 15) is 9.59 Å². The molecular weight excluding hydrogens is 412 g/mol. The van der Waals surface area contributed by atoms with E-state index in [4.69, 9.17) is 17.0 Å². The van der Waals surface area contributed by atoms with E-state index in [1.54, 1.807) is 24.1 Å². The molecule has 3 N–H and O–H groups in total. The summed E-state index contributed by atoms with van der Waals surface area (Å²) in [5.74, 6) is -0.417. The number of benzene rings is 2. The molecule has 1 atom stereocenters. The lowest BCUT2D eigenvalue weighted by Gasteiger charge is -2.35. The smallest absolute Gasteiger partial charge is 0.337 e. The Labute approximate surface area is 187 Å². The van der Waals surface area contributed by atoms with Gasteiger partial charge in [-0.1, -0.05) is 31.2 Å². The Kier molecular flexibility index (Phi) is 6.91. The van der Waals surface area contributed by atoms with Crippen molar-refractivity contribution >= 4 is 40.7 Å². The first-order chi connectivity index (χ1) is 14.8. The first-order valence-electron chi connectivity index (χ1n) is 9.94. The minimum Gasteiger partial charge on any atom is -0.466 e. The second-order valence-electron chi connectivity index (χ2n) is 7.18. The molecule has 1 aliphatic rings. The molecule has 2 amide bonds. The Hall–Kier alpha value is -3.39. The number of methoxy groups -OCH3 is 1. The zero-order valence-corrected chi connectivity index (χ0v) is 18.8. The number of aryl methyl sites for hydroxylation is 1. The highest BCUT2D eigenvalue weighted by atomic mass is 32.1. The van der Waals surface area contributed by atoms with Gasteiger partial charge in [0.05, 0.1) is 18.7 Å². The zero-order valence-electron chi connectivity index (χ0n) is 18.0. The summed E-state index contributed by atoms with van der Waals surface area (Å²) in [6.07, 6.45) is 0.947. The number of anilines is 2. The van der Waals surface area contributed by atoms with Crippen molar-refractivity contribution in [3.63, 3.8) is 0 Å². The molecule has 162 valence electrons. The Balaban J connectivity index is 1.73. The molecule has 0 unspecified atom stereocenters. The quantitative estimate of drug-likeness (QED) is 0.479. The molecule has 3 rings (SSSR count). The number of hydrogen-bond acceptors (Lipinski definition) is 4. The van der Waals surface area contributed by atoms with Gasteiger partial charge >= 0.3 is 12.0 Å². The van der Waals surface area contributed by atoms with Gasteiger partial charge in [0, 0.05) is 24.1 Å². The number of esters is 1. The lowest BCUT2D eigenvalue weighted by molar-refractivity contribution is -0.136. The van der Waals surface area contributed by atoms with Crippen molar-refractivity contribution in [2.24, 2.45) is 0 Å². The number of thiocarbonyl (C=S) groups is 1. The second-order valence-corrected chi connectivity index (χ2v) is 7.57. The monoisotopic (exact) mass is 438 g/mol. The molecule has 1 aliphatic heterocycles. The highest BCUT2D eigenvalue weighted by Gasteiger charge is 2.33. The average molecular weight is 439 g/mol. The Morgan fingerprint density at radius 2 is 1.61 bits per heavy atom. The largest absolute Gasteiger partial charge is 0.466 e. The average Bonchev–Trinajstić information content (AvgIpc) is 2.77. The topological polar surface area (TPSA) is 82.7 Å². The van der Waals surface area contributed by atoms with Gasteiger partial charge in [-0.05, 0) is 61.0 Å². The Morgan fingerprint density at radius 1 is 1.06 bits per heavy atom. The summed E-state index contributed by atoms with van der Waals surface area (Å²) < 4.78 is 4.97. The van der Waals surface area contributed by atoms with Gasteiger partial charge in [0.25, 0.3) is 0 Å².